The molecule has 0 atom stereocenters. The summed E-state index contributed by atoms with van der Waals surface area (Å²) in [5, 5.41) is 0. The highest BCUT2D eigenvalue weighted by atomic mass is 19.3. The minimum Gasteiger partial charge on any atom is -0.481 e. The Bertz CT molecular complexity index is 535. The molecule has 6 heteroatoms. The molecular weight excluding hydrogens is 242 g/mol. The largest absolute Gasteiger partial charge is 0.481 e. The Morgan fingerprint density at radius 3 is 2.72 bits per heavy atom. The van der Waals surface area contributed by atoms with E-state index in [1.807, 2.05) is 0 Å². The quantitative estimate of drug-likeness (QED) is 0.839. The first-order chi connectivity index (χ1) is 8.70. The van der Waals surface area contributed by atoms with E-state index in [0.29, 0.717) is 17.0 Å². The van der Waals surface area contributed by atoms with Gasteiger partial charge in [0.05, 0.1) is 7.11 Å². The molecule has 0 radical (unpaired) electrons. The number of pyridine rings is 2. The summed E-state index contributed by atoms with van der Waals surface area (Å²) in [6.07, 6.45) is 2.91. The molecule has 2 aromatic rings. The summed E-state index contributed by atoms with van der Waals surface area (Å²) in [5.74, 6) is 0.264. The first-order valence-corrected chi connectivity index (χ1v) is 5.11. The van der Waals surface area contributed by atoms with Crippen molar-refractivity contribution >= 4 is 0 Å². The van der Waals surface area contributed by atoms with Crippen molar-refractivity contribution in [3.8, 4) is 22.9 Å². The Morgan fingerprint density at radius 2 is 2.00 bits per heavy atom. The van der Waals surface area contributed by atoms with Crippen LogP contribution in [0.4, 0.5) is 8.78 Å². The van der Waals surface area contributed by atoms with Gasteiger partial charge in [0.25, 0.3) is 0 Å². The van der Waals surface area contributed by atoms with E-state index in [1.54, 1.807) is 24.3 Å². The van der Waals surface area contributed by atoms with Crippen molar-refractivity contribution < 1.29 is 18.3 Å². The van der Waals surface area contributed by atoms with E-state index in [0.717, 1.165) is 0 Å². The highest BCUT2D eigenvalue weighted by Gasteiger charge is 2.12. The lowest BCUT2D eigenvalue weighted by molar-refractivity contribution is -0.0524. The Balaban J connectivity index is 2.42. The Morgan fingerprint density at radius 1 is 1.17 bits per heavy atom. The minimum atomic E-state index is -2.91. The van der Waals surface area contributed by atoms with Crippen LogP contribution in [0.3, 0.4) is 0 Å². The Labute approximate surface area is 102 Å². The van der Waals surface area contributed by atoms with Gasteiger partial charge in [-0.15, -0.1) is 0 Å². The van der Waals surface area contributed by atoms with Crippen LogP contribution >= 0.6 is 0 Å². The zero-order chi connectivity index (χ0) is 13.0. The SMILES string of the molecule is COc1cc(-c2cccnc2OC(F)F)ccn1. The predicted octanol–water partition coefficient (Wildman–Crippen LogP) is 2.75. The molecule has 2 heterocycles. The maximum Gasteiger partial charge on any atom is 0.388 e. The molecule has 0 saturated carbocycles. The molecule has 0 bridgehead atoms. The average molecular weight is 252 g/mol. The second kappa shape index (κ2) is 5.39. The molecule has 0 amide bonds. The third-order valence-corrected chi connectivity index (χ3v) is 2.23. The lowest BCUT2D eigenvalue weighted by Crippen LogP contribution is -2.04. The summed E-state index contributed by atoms with van der Waals surface area (Å²) >= 11 is 0. The van der Waals surface area contributed by atoms with E-state index in [9.17, 15) is 8.78 Å². The zero-order valence-electron chi connectivity index (χ0n) is 9.51. The van der Waals surface area contributed by atoms with Crippen LogP contribution in [0.15, 0.2) is 36.7 Å². The molecule has 18 heavy (non-hydrogen) atoms. The van der Waals surface area contributed by atoms with E-state index >= 15 is 0 Å². The third-order valence-electron chi connectivity index (χ3n) is 2.23. The number of alkyl halides is 2. The highest BCUT2D eigenvalue weighted by Crippen LogP contribution is 2.29. The summed E-state index contributed by atoms with van der Waals surface area (Å²) in [7, 11) is 1.48. The molecule has 0 aromatic carbocycles. The maximum atomic E-state index is 12.3. The average Bonchev–Trinajstić information content (AvgIpc) is 2.39. The summed E-state index contributed by atoms with van der Waals surface area (Å²) < 4.78 is 33.9. The van der Waals surface area contributed by atoms with Gasteiger partial charge in [0.1, 0.15) is 0 Å². The minimum absolute atomic E-state index is 0.124. The first-order valence-electron chi connectivity index (χ1n) is 5.11. The third kappa shape index (κ3) is 2.71. The molecule has 0 fully saturated rings. The fourth-order valence-corrected chi connectivity index (χ4v) is 1.48. The Hall–Kier alpha value is -2.24. The van der Waals surface area contributed by atoms with Crippen LogP contribution in [0.2, 0.25) is 0 Å². The van der Waals surface area contributed by atoms with E-state index in [-0.39, 0.29) is 5.88 Å². The molecule has 2 aromatic heterocycles. The van der Waals surface area contributed by atoms with Gasteiger partial charge in [-0.2, -0.15) is 8.78 Å². The molecule has 0 unspecified atom stereocenters. The number of hydrogen-bond acceptors (Lipinski definition) is 4. The van der Waals surface area contributed by atoms with Gasteiger partial charge in [-0.05, 0) is 23.8 Å². The molecule has 0 aliphatic rings. The molecule has 0 aliphatic carbocycles. The summed E-state index contributed by atoms with van der Waals surface area (Å²) in [6, 6.07) is 6.56. The molecule has 0 spiro atoms. The van der Waals surface area contributed by atoms with Crippen LogP contribution in [0.25, 0.3) is 11.1 Å². The van der Waals surface area contributed by atoms with Crippen molar-refractivity contribution in [3.05, 3.63) is 36.7 Å². The van der Waals surface area contributed by atoms with Crippen molar-refractivity contribution in [3.63, 3.8) is 0 Å². The molecule has 0 saturated heterocycles. The monoisotopic (exact) mass is 252 g/mol. The summed E-state index contributed by atoms with van der Waals surface area (Å²) in [4.78, 5) is 7.73. The molecule has 0 aliphatic heterocycles. The van der Waals surface area contributed by atoms with E-state index in [4.69, 9.17) is 4.74 Å². The van der Waals surface area contributed by atoms with Crippen molar-refractivity contribution in [2.24, 2.45) is 0 Å². The lowest BCUT2D eigenvalue weighted by Gasteiger charge is -2.09. The number of ether oxygens (including phenoxy) is 2. The van der Waals surface area contributed by atoms with Crippen molar-refractivity contribution in [1.29, 1.82) is 0 Å². The first kappa shape index (κ1) is 12.2. The second-order valence-electron chi connectivity index (χ2n) is 3.32. The normalized spacial score (nSPS) is 10.4. The fraction of sp³-hybridized carbons (Fsp3) is 0.167. The van der Waals surface area contributed by atoms with Gasteiger partial charge in [0, 0.05) is 24.0 Å². The van der Waals surface area contributed by atoms with Crippen LogP contribution in [0.1, 0.15) is 0 Å². The number of halogens is 2. The standard InChI is InChI=1S/C12H10F2N2O2/c1-17-10-7-8(4-6-15-10)9-3-2-5-16-11(9)18-12(13)14/h2-7,12H,1H3. The fourth-order valence-electron chi connectivity index (χ4n) is 1.48. The molecule has 4 nitrogen and oxygen atoms in total. The van der Waals surface area contributed by atoms with E-state index in [2.05, 4.69) is 14.7 Å². The van der Waals surface area contributed by atoms with Gasteiger partial charge in [0.15, 0.2) is 0 Å². The number of hydrogen-bond donors (Lipinski definition) is 0. The van der Waals surface area contributed by atoms with Crippen molar-refractivity contribution in [2.45, 2.75) is 6.61 Å². The van der Waals surface area contributed by atoms with Gasteiger partial charge >= 0.3 is 6.61 Å². The van der Waals surface area contributed by atoms with Crippen LogP contribution in [-0.4, -0.2) is 23.7 Å². The molecular formula is C12H10F2N2O2. The van der Waals surface area contributed by atoms with Gasteiger partial charge in [-0.25, -0.2) is 9.97 Å². The van der Waals surface area contributed by atoms with Crippen LogP contribution < -0.4 is 9.47 Å². The molecule has 94 valence electrons. The number of nitrogens with zero attached hydrogens (tertiary/aromatic N) is 2. The Kier molecular flexibility index (Phi) is 3.66. The number of methoxy groups -OCH3 is 1. The van der Waals surface area contributed by atoms with E-state index in [1.165, 1.54) is 19.5 Å². The van der Waals surface area contributed by atoms with Crippen LogP contribution in [-0.2, 0) is 0 Å². The zero-order valence-corrected chi connectivity index (χ0v) is 9.51. The highest BCUT2D eigenvalue weighted by molar-refractivity contribution is 5.68. The number of rotatable bonds is 4. The van der Waals surface area contributed by atoms with Gasteiger partial charge < -0.3 is 9.47 Å². The summed E-state index contributed by atoms with van der Waals surface area (Å²) in [6.45, 7) is -2.91. The van der Waals surface area contributed by atoms with Crippen molar-refractivity contribution in [2.75, 3.05) is 7.11 Å². The van der Waals surface area contributed by atoms with Crippen molar-refractivity contribution in [1.82, 2.24) is 9.97 Å². The smallest absolute Gasteiger partial charge is 0.388 e. The van der Waals surface area contributed by atoms with E-state index < -0.39 is 6.61 Å². The van der Waals surface area contributed by atoms with Crippen LogP contribution in [0.5, 0.6) is 11.8 Å². The lowest BCUT2D eigenvalue weighted by atomic mass is 10.1. The van der Waals surface area contributed by atoms with Gasteiger partial charge in [-0.3, -0.25) is 0 Å². The molecule has 2 rings (SSSR count). The summed E-state index contributed by atoms with van der Waals surface area (Å²) in [5.41, 5.74) is 1.10. The maximum absolute atomic E-state index is 12.3. The van der Waals surface area contributed by atoms with Crippen LogP contribution in [0, 0.1) is 0 Å². The number of aromatic nitrogens is 2. The van der Waals surface area contributed by atoms with Gasteiger partial charge in [0.2, 0.25) is 11.8 Å². The van der Waals surface area contributed by atoms with Gasteiger partial charge in [-0.1, -0.05) is 0 Å². The predicted molar refractivity (Wildman–Crippen MR) is 60.7 cm³/mol. The molecule has 0 N–H and O–H groups in total. The second-order valence-corrected chi connectivity index (χ2v) is 3.32. The topological polar surface area (TPSA) is 44.2 Å².